The SMILES string of the molecule is O=C(O)C1CCC(OC[C@@H]2C[C@H](F)CN2C(=O)Cc2ccc(Nc3nc4ccc(Cl)cc4s3)c(Cl)c2)CC1. The molecule has 1 aliphatic heterocycles. The van der Waals surface area contributed by atoms with Gasteiger partial charge in [-0.05, 0) is 61.6 Å². The third-order valence-electron chi connectivity index (χ3n) is 7.21. The molecule has 202 valence electrons. The summed E-state index contributed by atoms with van der Waals surface area (Å²) in [4.78, 5) is 30.4. The van der Waals surface area contributed by atoms with Gasteiger partial charge in [0.15, 0.2) is 5.13 Å². The maximum atomic E-state index is 14.3. The molecule has 7 nitrogen and oxygen atoms in total. The second-order valence-corrected chi connectivity index (χ2v) is 11.8. The first-order chi connectivity index (χ1) is 18.2. The number of nitrogens with one attached hydrogen (secondary N) is 1. The second-order valence-electron chi connectivity index (χ2n) is 9.93. The molecule has 38 heavy (non-hydrogen) atoms. The molecule has 3 aromatic rings. The fraction of sp³-hybridized carbons (Fsp3) is 0.444. The fourth-order valence-corrected chi connectivity index (χ4v) is 6.56. The van der Waals surface area contributed by atoms with Crippen molar-refractivity contribution in [1.82, 2.24) is 9.88 Å². The van der Waals surface area contributed by atoms with Gasteiger partial charge in [0, 0.05) is 11.4 Å². The summed E-state index contributed by atoms with van der Waals surface area (Å²) >= 11 is 14.0. The zero-order valence-electron chi connectivity index (χ0n) is 20.5. The van der Waals surface area contributed by atoms with Crippen LogP contribution in [0.1, 0.15) is 37.7 Å². The lowest BCUT2D eigenvalue weighted by atomic mass is 9.87. The maximum absolute atomic E-state index is 14.3. The van der Waals surface area contributed by atoms with E-state index in [1.165, 1.54) is 11.3 Å². The standard InChI is InChI=1S/C27H28Cl2FN3O4S/c28-17-4-8-23-24(11-17)38-27(32-23)31-22-7-1-15(9-21(22)29)10-25(34)33-13-18(30)12-19(33)14-37-20-5-2-16(3-6-20)26(35)36/h1,4,7-9,11,16,18-20H,2-3,5-6,10,12-14H2,(H,31,32)(H,35,36)/t16?,18-,19-,20?/m0/s1. The summed E-state index contributed by atoms with van der Waals surface area (Å²) in [5.74, 6) is -1.25. The van der Waals surface area contributed by atoms with E-state index in [2.05, 4.69) is 10.3 Å². The number of carboxylic acids is 1. The summed E-state index contributed by atoms with van der Waals surface area (Å²) in [7, 11) is 0. The number of rotatable bonds is 8. The van der Waals surface area contributed by atoms with E-state index in [9.17, 15) is 14.0 Å². The van der Waals surface area contributed by atoms with E-state index in [0.717, 1.165) is 15.8 Å². The fourth-order valence-electron chi connectivity index (χ4n) is 5.16. The minimum atomic E-state index is -1.09. The third-order valence-corrected chi connectivity index (χ3v) is 8.69. The van der Waals surface area contributed by atoms with Crippen LogP contribution in [-0.4, -0.2) is 58.3 Å². The number of alkyl halides is 1. The van der Waals surface area contributed by atoms with Crippen molar-refractivity contribution in [3.63, 3.8) is 0 Å². The van der Waals surface area contributed by atoms with Gasteiger partial charge in [-0.1, -0.05) is 40.6 Å². The Hall–Kier alpha value is -2.46. The lowest BCUT2D eigenvalue weighted by Gasteiger charge is -2.29. The Balaban J connectivity index is 1.17. The summed E-state index contributed by atoms with van der Waals surface area (Å²) in [6, 6.07) is 10.5. The van der Waals surface area contributed by atoms with E-state index in [0.29, 0.717) is 46.5 Å². The van der Waals surface area contributed by atoms with Crippen LogP contribution in [0, 0.1) is 5.92 Å². The average Bonchev–Trinajstić information content (AvgIpc) is 3.46. The topological polar surface area (TPSA) is 91.8 Å². The maximum Gasteiger partial charge on any atom is 0.306 e. The largest absolute Gasteiger partial charge is 0.481 e. The highest BCUT2D eigenvalue weighted by Crippen LogP contribution is 2.33. The van der Waals surface area contributed by atoms with Crippen LogP contribution in [-0.2, 0) is 20.7 Å². The number of carbonyl (C=O) groups is 2. The van der Waals surface area contributed by atoms with E-state index in [-0.39, 0.29) is 50.0 Å². The number of thiazole rings is 1. The number of likely N-dealkylation sites (tertiary alicyclic amines) is 1. The molecular formula is C27H28Cl2FN3O4S. The van der Waals surface area contributed by atoms with Gasteiger partial charge in [-0.2, -0.15) is 0 Å². The molecule has 2 aromatic carbocycles. The predicted octanol–water partition coefficient (Wildman–Crippen LogP) is 6.49. The van der Waals surface area contributed by atoms with Crippen LogP contribution in [0.2, 0.25) is 10.0 Å². The van der Waals surface area contributed by atoms with Gasteiger partial charge < -0.3 is 20.1 Å². The number of carbonyl (C=O) groups excluding carboxylic acids is 1. The number of nitrogens with zero attached hydrogens (tertiary/aromatic N) is 2. The molecule has 11 heteroatoms. The first-order valence-electron chi connectivity index (χ1n) is 12.6. The van der Waals surface area contributed by atoms with Gasteiger partial charge in [0.1, 0.15) is 6.17 Å². The van der Waals surface area contributed by atoms with Gasteiger partial charge in [0.05, 0.1) is 58.6 Å². The summed E-state index contributed by atoms with van der Waals surface area (Å²) in [5.41, 5.74) is 2.24. The van der Waals surface area contributed by atoms with E-state index in [1.807, 2.05) is 18.2 Å². The number of benzene rings is 2. The Morgan fingerprint density at radius 2 is 1.95 bits per heavy atom. The van der Waals surface area contributed by atoms with E-state index in [1.54, 1.807) is 23.1 Å². The molecule has 0 radical (unpaired) electrons. The van der Waals surface area contributed by atoms with E-state index >= 15 is 0 Å². The molecule has 1 aromatic heterocycles. The number of hydrogen-bond donors (Lipinski definition) is 2. The molecule has 0 bridgehead atoms. The number of halogens is 3. The number of aliphatic carboxylic acids is 1. The number of aromatic nitrogens is 1. The lowest BCUT2D eigenvalue weighted by molar-refractivity contribution is -0.144. The Labute approximate surface area is 233 Å². The molecule has 2 heterocycles. The van der Waals surface area contributed by atoms with E-state index < -0.39 is 12.1 Å². The smallest absolute Gasteiger partial charge is 0.306 e. The number of ether oxygens (including phenoxy) is 1. The number of fused-ring (bicyclic) bond motifs is 1. The van der Waals surface area contributed by atoms with Crippen LogP contribution >= 0.6 is 34.5 Å². The Kier molecular flexibility index (Phi) is 8.38. The molecule has 0 spiro atoms. The number of anilines is 2. The van der Waals surface area contributed by atoms with Crippen molar-refractivity contribution in [3.05, 3.63) is 52.0 Å². The Bertz CT molecular complexity index is 1330. The van der Waals surface area contributed by atoms with Crippen molar-refractivity contribution < 1.29 is 23.8 Å². The molecular weight excluding hydrogens is 552 g/mol. The first-order valence-corrected chi connectivity index (χ1v) is 14.2. The minimum absolute atomic E-state index is 0.0486. The van der Waals surface area contributed by atoms with Gasteiger partial charge in [-0.3, -0.25) is 9.59 Å². The second kappa shape index (κ2) is 11.7. The van der Waals surface area contributed by atoms with Gasteiger partial charge in [0.2, 0.25) is 5.91 Å². The van der Waals surface area contributed by atoms with Gasteiger partial charge in [-0.15, -0.1) is 0 Å². The van der Waals surface area contributed by atoms with Gasteiger partial charge >= 0.3 is 5.97 Å². The molecule has 2 N–H and O–H groups in total. The number of carboxylic acid groups (broad SMARTS) is 1. The zero-order valence-corrected chi connectivity index (χ0v) is 22.9. The van der Waals surface area contributed by atoms with Crippen LogP contribution < -0.4 is 5.32 Å². The van der Waals surface area contributed by atoms with Crippen molar-refractivity contribution in [2.45, 2.75) is 56.8 Å². The van der Waals surface area contributed by atoms with Crippen molar-refractivity contribution in [1.29, 1.82) is 0 Å². The van der Waals surface area contributed by atoms with Crippen molar-refractivity contribution in [2.75, 3.05) is 18.5 Å². The van der Waals surface area contributed by atoms with Crippen molar-refractivity contribution in [2.24, 2.45) is 5.92 Å². The molecule has 1 saturated carbocycles. The molecule has 0 unspecified atom stereocenters. The highest BCUT2D eigenvalue weighted by molar-refractivity contribution is 7.22. The summed E-state index contributed by atoms with van der Waals surface area (Å²) in [6.07, 6.45) is 1.71. The molecule has 2 fully saturated rings. The Morgan fingerprint density at radius 1 is 1.16 bits per heavy atom. The quantitative estimate of drug-likeness (QED) is 0.317. The van der Waals surface area contributed by atoms with E-state index in [4.69, 9.17) is 33.0 Å². The zero-order chi connectivity index (χ0) is 26.8. The molecule has 2 atom stereocenters. The molecule has 1 aliphatic carbocycles. The Morgan fingerprint density at radius 3 is 2.68 bits per heavy atom. The highest BCUT2D eigenvalue weighted by atomic mass is 35.5. The number of amides is 1. The summed E-state index contributed by atoms with van der Waals surface area (Å²) < 4.78 is 21.3. The van der Waals surface area contributed by atoms with Crippen LogP contribution in [0.5, 0.6) is 0 Å². The minimum Gasteiger partial charge on any atom is -0.481 e. The van der Waals surface area contributed by atoms with Crippen LogP contribution in [0.25, 0.3) is 10.2 Å². The third kappa shape index (κ3) is 6.39. The molecule has 1 saturated heterocycles. The lowest BCUT2D eigenvalue weighted by Crippen LogP contribution is -2.40. The number of hydrogen-bond acceptors (Lipinski definition) is 6. The van der Waals surface area contributed by atoms with Gasteiger partial charge in [0.25, 0.3) is 0 Å². The first kappa shape index (κ1) is 27.1. The normalized spacial score (nSPS) is 23.6. The van der Waals surface area contributed by atoms with Crippen LogP contribution in [0.4, 0.5) is 15.2 Å². The van der Waals surface area contributed by atoms with Gasteiger partial charge in [-0.25, -0.2) is 9.37 Å². The van der Waals surface area contributed by atoms with Crippen molar-refractivity contribution in [3.8, 4) is 0 Å². The average molecular weight is 581 g/mol. The highest BCUT2D eigenvalue weighted by Gasteiger charge is 2.36. The van der Waals surface area contributed by atoms with Crippen LogP contribution in [0.3, 0.4) is 0 Å². The molecule has 1 amide bonds. The summed E-state index contributed by atoms with van der Waals surface area (Å²) in [6.45, 7) is 0.305. The predicted molar refractivity (Wildman–Crippen MR) is 147 cm³/mol. The molecule has 2 aliphatic rings. The monoisotopic (exact) mass is 579 g/mol. The summed E-state index contributed by atoms with van der Waals surface area (Å²) in [5, 5.41) is 14.2. The van der Waals surface area contributed by atoms with Crippen LogP contribution in [0.15, 0.2) is 36.4 Å². The van der Waals surface area contributed by atoms with Crippen molar-refractivity contribution >= 4 is 67.5 Å². The molecule has 5 rings (SSSR count).